The highest BCUT2D eigenvalue weighted by Gasteiger charge is 2.31. The summed E-state index contributed by atoms with van der Waals surface area (Å²) in [5.74, 6) is 0.136. The van der Waals surface area contributed by atoms with E-state index in [-0.39, 0.29) is 5.75 Å². The molecule has 0 aromatic heterocycles. The fraction of sp³-hybridized carbons (Fsp3) is 0.333. The van der Waals surface area contributed by atoms with Gasteiger partial charge in [-0.25, -0.2) is 0 Å². The minimum Gasteiger partial charge on any atom is -0.496 e. The Morgan fingerprint density at radius 2 is 1.72 bits per heavy atom. The van der Waals surface area contributed by atoms with Crippen molar-refractivity contribution in [2.45, 2.75) is 26.3 Å². The number of hydrogen-bond donors (Lipinski definition) is 2. The minimum atomic E-state index is -4.74. The van der Waals surface area contributed by atoms with E-state index in [4.69, 9.17) is 4.74 Å². The second-order valence-corrected chi connectivity index (χ2v) is 5.58. The fourth-order valence-corrected chi connectivity index (χ4v) is 2.81. The third kappa shape index (κ3) is 4.24. The lowest BCUT2D eigenvalue weighted by Crippen LogP contribution is -2.16. The van der Waals surface area contributed by atoms with E-state index in [0.29, 0.717) is 28.0 Å². The number of aryl methyl sites for hydroxylation is 1. The van der Waals surface area contributed by atoms with E-state index in [1.807, 2.05) is 0 Å². The smallest absolute Gasteiger partial charge is 0.496 e. The Balaban J connectivity index is 2.48. The molecule has 0 saturated carbocycles. The van der Waals surface area contributed by atoms with Crippen molar-refractivity contribution in [1.82, 2.24) is 0 Å². The van der Waals surface area contributed by atoms with E-state index in [9.17, 15) is 23.4 Å². The van der Waals surface area contributed by atoms with Gasteiger partial charge in [0.2, 0.25) is 0 Å². The summed E-state index contributed by atoms with van der Waals surface area (Å²) in [6.07, 6.45) is -5.82. The summed E-state index contributed by atoms with van der Waals surface area (Å²) < 4.78 is 46.0. The number of alkyl halides is 3. The van der Waals surface area contributed by atoms with Crippen molar-refractivity contribution in [1.29, 1.82) is 0 Å². The molecule has 2 aromatic carbocycles. The molecule has 0 amide bonds. The molecule has 2 aromatic rings. The van der Waals surface area contributed by atoms with Crippen molar-refractivity contribution in [3.05, 3.63) is 47.0 Å². The van der Waals surface area contributed by atoms with Crippen LogP contribution in [-0.4, -0.2) is 30.3 Å². The van der Waals surface area contributed by atoms with Crippen LogP contribution in [-0.2, 0) is 0 Å². The normalized spacial score (nSPS) is 12.8. The van der Waals surface area contributed by atoms with Crippen molar-refractivity contribution in [2.24, 2.45) is 0 Å². The molecule has 2 rings (SSSR count). The van der Waals surface area contributed by atoms with Crippen LogP contribution in [0.4, 0.5) is 13.2 Å². The number of halogens is 3. The predicted molar refractivity (Wildman–Crippen MR) is 86.6 cm³/mol. The molecule has 0 radical (unpaired) electrons. The maximum Gasteiger partial charge on any atom is 0.573 e. The monoisotopic (exact) mass is 356 g/mol. The lowest BCUT2D eigenvalue weighted by Gasteiger charge is -2.21. The molecule has 0 aliphatic carbocycles. The number of aliphatic hydroxyl groups excluding tert-OH is 2. The van der Waals surface area contributed by atoms with Crippen molar-refractivity contribution >= 4 is 0 Å². The van der Waals surface area contributed by atoms with Crippen LogP contribution in [0.3, 0.4) is 0 Å². The maximum atomic E-state index is 12.3. The van der Waals surface area contributed by atoms with Gasteiger partial charge >= 0.3 is 6.36 Å². The topological polar surface area (TPSA) is 58.9 Å². The van der Waals surface area contributed by atoms with Crippen molar-refractivity contribution in [3.63, 3.8) is 0 Å². The lowest BCUT2D eigenvalue weighted by molar-refractivity contribution is -0.274. The van der Waals surface area contributed by atoms with Crippen LogP contribution in [0.15, 0.2) is 30.3 Å². The molecule has 1 atom stereocenters. The number of ether oxygens (including phenoxy) is 2. The zero-order valence-corrected chi connectivity index (χ0v) is 14.0. The van der Waals surface area contributed by atoms with Crippen LogP contribution < -0.4 is 9.47 Å². The number of hydrogen-bond acceptors (Lipinski definition) is 4. The highest BCUT2D eigenvalue weighted by molar-refractivity contribution is 5.73. The summed E-state index contributed by atoms with van der Waals surface area (Å²) in [7, 11) is 1.46. The van der Waals surface area contributed by atoms with E-state index in [1.165, 1.54) is 31.4 Å². The standard InChI is InChI=1S/C18H19F3O4/c1-10-8-14(11(2)17(24-3)16(10)15(23)9-22)12-4-6-13(7-5-12)25-18(19,20)21/h4-8,15,22-23H,9H2,1-3H3. The average Bonchev–Trinajstić information content (AvgIpc) is 2.55. The highest BCUT2D eigenvalue weighted by Crippen LogP contribution is 2.39. The van der Waals surface area contributed by atoms with Gasteiger partial charge in [-0.15, -0.1) is 13.2 Å². The van der Waals surface area contributed by atoms with E-state index in [0.717, 1.165) is 5.56 Å². The van der Waals surface area contributed by atoms with Gasteiger partial charge in [0, 0.05) is 5.56 Å². The van der Waals surface area contributed by atoms with Gasteiger partial charge in [0.25, 0.3) is 0 Å². The molecule has 0 aliphatic rings. The Kier molecular flexibility index (Phi) is 5.59. The SMILES string of the molecule is COc1c(C)c(-c2ccc(OC(F)(F)F)cc2)cc(C)c1C(O)CO. The predicted octanol–water partition coefficient (Wildman–Crippen LogP) is 3.90. The Labute approximate surface area is 143 Å². The molecule has 0 saturated heterocycles. The molecule has 4 nitrogen and oxygen atoms in total. The van der Waals surface area contributed by atoms with E-state index in [1.54, 1.807) is 19.9 Å². The summed E-state index contributed by atoms with van der Waals surface area (Å²) in [6, 6.07) is 7.31. The first-order valence-corrected chi connectivity index (χ1v) is 7.51. The van der Waals surface area contributed by atoms with Crippen molar-refractivity contribution in [3.8, 4) is 22.6 Å². The fourth-order valence-electron chi connectivity index (χ4n) is 2.81. The second kappa shape index (κ2) is 7.33. The van der Waals surface area contributed by atoms with E-state index < -0.39 is 19.1 Å². The van der Waals surface area contributed by atoms with Crippen LogP contribution in [0.25, 0.3) is 11.1 Å². The average molecular weight is 356 g/mol. The Bertz CT molecular complexity index is 739. The third-order valence-electron chi connectivity index (χ3n) is 3.88. The van der Waals surface area contributed by atoms with Gasteiger partial charge in [0.15, 0.2) is 0 Å². The Hall–Kier alpha value is -2.25. The summed E-state index contributed by atoms with van der Waals surface area (Å²) in [4.78, 5) is 0. The lowest BCUT2D eigenvalue weighted by atomic mass is 9.91. The van der Waals surface area contributed by atoms with Gasteiger partial charge in [0.1, 0.15) is 17.6 Å². The summed E-state index contributed by atoms with van der Waals surface area (Å²) in [5, 5.41) is 19.2. The molecule has 2 N–H and O–H groups in total. The molecular weight excluding hydrogens is 337 g/mol. The maximum absolute atomic E-state index is 12.3. The first-order chi connectivity index (χ1) is 11.7. The first kappa shape index (κ1) is 19.1. The number of rotatable bonds is 5. The van der Waals surface area contributed by atoms with Crippen LogP contribution in [0.2, 0.25) is 0 Å². The molecule has 0 aliphatic heterocycles. The Morgan fingerprint density at radius 1 is 1.12 bits per heavy atom. The minimum absolute atomic E-state index is 0.301. The van der Waals surface area contributed by atoms with Gasteiger partial charge in [0.05, 0.1) is 13.7 Å². The molecule has 0 bridgehead atoms. The summed E-state index contributed by atoms with van der Waals surface area (Å²) in [6.45, 7) is 3.10. The van der Waals surface area contributed by atoms with Gasteiger partial charge in [-0.3, -0.25) is 0 Å². The second-order valence-electron chi connectivity index (χ2n) is 5.58. The van der Waals surface area contributed by atoms with Crippen LogP contribution in [0.1, 0.15) is 22.8 Å². The molecule has 136 valence electrons. The zero-order chi connectivity index (χ0) is 18.8. The molecule has 1 unspecified atom stereocenters. The summed E-state index contributed by atoms with van der Waals surface area (Å²) >= 11 is 0. The van der Waals surface area contributed by atoms with Crippen molar-refractivity contribution < 1.29 is 32.9 Å². The van der Waals surface area contributed by atoms with Gasteiger partial charge < -0.3 is 19.7 Å². The van der Waals surface area contributed by atoms with Crippen LogP contribution in [0.5, 0.6) is 11.5 Å². The molecule has 0 spiro atoms. The van der Waals surface area contributed by atoms with Crippen molar-refractivity contribution in [2.75, 3.05) is 13.7 Å². The largest absolute Gasteiger partial charge is 0.573 e. The summed E-state index contributed by atoms with van der Waals surface area (Å²) in [5.41, 5.74) is 3.33. The molecule has 7 heteroatoms. The molecule has 0 heterocycles. The number of methoxy groups -OCH3 is 1. The van der Waals surface area contributed by atoms with Gasteiger partial charge in [-0.2, -0.15) is 0 Å². The van der Waals surface area contributed by atoms with Gasteiger partial charge in [-0.1, -0.05) is 18.2 Å². The molecule has 0 fully saturated rings. The van der Waals surface area contributed by atoms with E-state index in [2.05, 4.69) is 4.74 Å². The number of benzene rings is 2. The highest BCUT2D eigenvalue weighted by atomic mass is 19.4. The third-order valence-corrected chi connectivity index (χ3v) is 3.88. The quantitative estimate of drug-likeness (QED) is 0.853. The number of aliphatic hydroxyl groups is 2. The first-order valence-electron chi connectivity index (χ1n) is 7.51. The van der Waals surface area contributed by atoms with Crippen LogP contribution in [0, 0.1) is 13.8 Å². The van der Waals surface area contributed by atoms with Crippen LogP contribution >= 0.6 is 0 Å². The van der Waals surface area contributed by atoms with Gasteiger partial charge in [-0.05, 0) is 48.2 Å². The molecule has 25 heavy (non-hydrogen) atoms. The Morgan fingerprint density at radius 3 is 2.20 bits per heavy atom. The van der Waals surface area contributed by atoms with E-state index >= 15 is 0 Å². The zero-order valence-electron chi connectivity index (χ0n) is 14.0. The molecular formula is C18H19F3O4.